The van der Waals surface area contributed by atoms with Gasteiger partial charge in [0.15, 0.2) is 11.5 Å². The molecule has 2 N–H and O–H groups in total. The fraction of sp³-hybridized carbons (Fsp3) is 0.400. The van der Waals surface area contributed by atoms with Gasteiger partial charge in [0.05, 0.1) is 19.4 Å². The molecule has 0 aliphatic carbocycles. The van der Waals surface area contributed by atoms with Crippen LogP contribution in [0.25, 0.3) is 10.1 Å². The summed E-state index contributed by atoms with van der Waals surface area (Å²) in [7, 11) is 3.08. The number of ether oxygens (including phenoxy) is 2. The number of anilines is 2. The number of carbonyl (C=O) groups is 1. The number of benzene rings is 2. The lowest BCUT2D eigenvalue weighted by Crippen LogP contribution is -2.51. The lowest BCUT2D eigenvalue weighted by atomic mass is 10.1. The minimum absolute atomic E-state index is 0.405. The molecule has 176 valence electrons. The molecule has 4 rings (SSSR count). The monoisotopic (exact) mass is 469 g/mol. The standard InChI is InChI=1S/C25H31N3O4S/c1-17-14-19(27(2)25(29)30)15-22(31-3)24(17)32-12-5-6-18-16-26-10-11-28(18)21-7-4-8-23-20(21)9-13-33-23/h4,7-9,13-15,18,26H,5-6,10-12,16H2,1-3H3,(H,29,30). The van der Waals surface area contributed by atoms with E-state index in [1.807, 2.05) is 6.92 Å². The predicted octanol–water partition coefficient (Wildman–Crippen LogP) is 4.97. The zero-order chi connectivity index (χ0) is 23.4. The van der Waals surface area contributed by atoms with Crippen LogP contribution in [0.3, 0.4) is 0 Å². The van der Waals surface area contributed by atoms with Crippen molar-refractivity contribution >= 4 is 38.9 Å². The third kappa shape index (κ3) is 5.02. The van der Waals surface area contributed by atoms with Crippen LogP contribution in [0.5, 0.6) is 11.5 Å². The van der Waals surface area contributed by atoms with Crippen LogP contribution in [0, 0.1) is 6.92 Å². The summed E-state index contributed by atoms with van der Waals surface area (Å²) in [5, 5.41) is 16.3. The van der Waals surface area contributed by atoms with Crippen molar-refractivity contribution in [3.05, 3.63) is 47.3 Å². The summed E-state index contributed by atoms with van der Waals surface area (Å²) in [4.78, 5) is 15.0. The van der Waals surface area contributed by atoms with E-state index in [0.29, 0.717) is 29.8 Å². The molecule has 1 fully saturated rings. The predicted molar refractivity (Wildman–Crippen MR) is 135 cm³/mol. The van der Waals surface area contributed by atoms with Gasteiger partial charge in [0, 0.05) is 54.6 Å². The molecule has 1 aliphatic heterocycles. The molecule has 8 heteroatoms. The molecule has 0 spiro atoms. The number of hydrogen-bond acceptors (Lipinski definition) is 6. The van der Waals surface area contributed by atoms with Gasteiger partial charge < -0.3 is 24.8 Å². The van der Waals surface area contributed by atoms with E-state index in [9.17, 15) is 9.90 Å². The van der Waals surface area contributed by atoms with Crippen LogP contribution in [-0.4, -0.2) is 57.6 Å². The highest BCUT2D eigenvalue weighted by atomic mass is 32.1. The Morgan fingerprint density at radius 1 is 1.33 bits per heavy atom. The number of thiophene rings is 1. The van der Waals surface area contributed by atoms with Crippen molar-refractivity contribution in [1.29, 1.82) is 0 Å². The molecule has 0 radical (unpaired) electrons. The first kappa shape index (κ1) is 23.2. The van der Waals surface area contributed by atoms with E-state index in [4.69, 9.17) is 9.47 Å². The molecule has 1 aromatic heterocycles. The van der Waals surface area contributed by atoms with Gasteiger partial charge in [-0.05, 0) is 55.0 Å². The molecule has 0 saturated carbocycles. The summed E-state index contributed by atoms with van der Waals surface area (Å²) in [5.74, 6) is 1.21. The van der Waals surface area contributed by atoms with Gasteiger partial charge in [-0.2, -0.15) is 0 Å². The maximum atomic E-state index is 11.3. The summed E-state index contributed by atoms with van der Waals surface area (Å²) in [6, 6.07) is 12.7. The zero-order valence-corrected chi connectivity index (χ0v) is 20.2. The second-order valence-corrected chi connectivity index (χ2v) is 9.23. The smallest absolute Gasteiger partial charge is 0.411 e. The minimum atomic E-state index is -1.02. The number of fused-ring (bicyclic) bond motifs is 1. The van der Waals surface area contributed by atoms with E-state index in [2.05, 4.69) is 39.9 Å². The van der Waals surface area contributed by atoms with Crippen molar-refractivity contribution in [2.75, 3.05) is 50.2 Å². The first-order valence-electron chi connectivity index (χ1n) is 11.2. The average molecular weight is 470 g/mol. The lowest BCUT2D eigenvalue weighted by Gasteiger charge is -2.38. The quantitative estimate of drug-likeness (QED) is 0.454. The van der Waals surface area contributed by atoms with Crippen LogP contribution in [0.1, 0.15) is 18.4 Å². The molecule has 1 aliphatic rings. The van der Waals surface area contributed by atoms with Gasteiger partial charge in [-0.3, -0.25) is 4.90 Å². The molecule has 0 bridgehead atoms. The Bertz CT molecular complexity index is 1120. The molecule has 7 nitrogen and oxygen atoms in total. The number of methoxy groups -OCH3 is 1. The van der Waals surface area contributed by atoms with Gasteiger partial charge >= 0.3 is 6.09 Å². The van der Waals surface area contributed by atoms with E-state index in [-0.39, 0.29) is 0 Å². The first-order chi connectivity index (χ1) is 16.0. The highest BCUT2D eigenvalue weighted by Gasteiger charge is 2.24. The minimum Gasteiger partial charge on any atom is -0.493 e. The van der Waals surface area contributed by atoms with E-state index < -0.39 is 6.09 Å². The summed E-state index contributed by atoms with van der Waals surface area (Å²) < 4.78 is 12.9. The maximum Gasteiger partial charge on any atom is 0.411 e. The molecule has 3 aromatic rings. The zero-order valence-electron chi connectivity index (χ0n) is 19.3. The number of aryl methyl sites for hydroxylation is 1. The Kier molecular flexibility index (Phi) is 7.25. The van der Waals surface area contributed by atoms with Crippen LogP contribution in [0.15, 0.2) is 41.8 Å². The largest absolute Gasteiger partial charge is 0.493 e. The number of rotatable bonds is 8. The summed E-state index contributed by atoms with van der Waals surface area (Å²) in [6.45, 7) is 5.41. The third-order valence-electron chi connectivity index (χ3n) is 6.18. The number of nitrogens with zero attached hydrogens (tertiary/aromatic N) is 2. The molecule has 33 heavy (non-hydrogen) atoms. The van der Waals surface area contributed by atoms with Crippen molar-refractivity contribution in [3.63, 3.8) is 0 Å². The van der Waals surface area contributed by atoms with E-state index in [0.717, 1.165) is 42.9 Å². The number of piperazine rings is 1. The van der Waals surface area contributed by atoms with Gasteiger partial charge in [-0.1, -0.05) is 6.07 Å². The molecule has 1 amide bonds. The van der Waals surface area contributed by atoms with Crippen molar-refractivity contribution in [1.82, 2.24) is 5.32 Å². The van der Waals surface area contributed by atoms with E-state index >= 15 is 0 Å². The number of hydrogen-bond donors (Lipinski definition) is 2. The summed E-state index contributed by atoms with van der Waals surface area (Å²) >= 11 is 1.79. The van der Waals surface area contributed by atoms with Crippen LogP contribution in [0.4, 0.5) is 16.2 Å². The molecule has 1 atom stereocenters. The highest BCUT2D eigenvalue weighted by Crippen LogP contribution is 2.36. The SMILES string of the molecule is COc1cc(N(C)C(=O)O)cc(C)c1OCCCC1CNCCN1c1cccc2sccc12. The van der Waals surface area contributed by atoms with Crippen LogP contribution >= 0.6 is 11.3 Å². The Morgan fingerprint density at radius 3 is 2.97 bits per heavy atom. The number of amides is 1. The van der Waals surface area contributed by atoms with Crippen LogP contribution in [-0.2, 0) is 0 Å². The maximum absolute atomic E-state index is 11.3. The van der Waals surface area contributed by atoms with Crippen molar-refractivity contribution in [2.45, 2.75) is 25.8 Å². The Morgan fingerprint density at radius 2 is 2.18 bits per heavy atom. The van der Waals surface area contributed by atoms with Gasteiger partial charge in [0.25, 0.3) is 0 Å². The lowest BCUT2D eigenvalue weighted by molar-refractivity contribution is 0.203. The van der Waals surface area contributed by atoms with Crippen LogP contribution < -0.4 is 24.6 Å². The van der Waals surface area contributed by atoms with Crippen molar-refractivity contribution < 1.29 is 19.4 Å². The normalized spacial score (nSPS) is 16.1. The van der Waals surface area contributed by atoms with Crippen molar-refractivity contribution in [2.24, 2.45) is 0 Å². The second kappa shape index (κ2) is 10.3. The van der Waals surface area contributed by atoms with Gasteiger partial charge in [-0.15, -0.1) is 11.3 Å². The molecular weight excluding hydrogens is 438 g/mol. The fourth-order valence-electron chi connectivity index (χ4n) is 4.42. The summed E-state index contributed by atoms with van der Waals surface area (Å²) in [6.07, 6.45) is 0.894. The average Bonchev–Trinajstić information content (AvgIpc) is 3.31. The molecule has 1 saturated heterocycles. The highest BCUT2D eigenvalue weighted by molar-refractivity contribution is 7.17. The van der Waals surface area contributed by atoms with Crippen LogP contribution in [0.2, 0.25) is 0 Å². The van der Waals surface area contributed by atoms with Gasteiger partial charge in [-0.25, -0.2) is 4.79 Å². The van der Waals surface area contributed by atoms with Crippen molar-refractivity contribution in [3.8, 4) is 11.5 Å². The van der Waals surface area contributed by atoms with E-state index in [1.165, 1.54) is 22.8 Å². The third-order valence-corrected chi connectivity index (χ3v) is 7.06. The molecule has 1 unspecified atom stereocenters. The summed E-state index contributed by atoms with van der Waals surface area (Å²) in [5.41, 5.74) is 2.72. The molecule has 2 heterocycles. The fourth-order valence-corrected chi connectivity index (χ4v) is 5.23. The molecular formula is C25H31N3O4S. The Labute approximate surface area is 198 Å². The van der Waals surface area contributed by atoms with Gasteiger partial charge in [0.1, 0.15) is 0 Å². The number of carboxylic acid groups (broad SMARTS) is 1. The first-order valence-corrected chi connectivity index (χ1v) is 12.1. The van der Waals surface area contributed by atoms with E-state index in [1.54, 1.807) is 30.6 Å². The number of nitrogens with one attached hydrogen (secondary N) is 1. The topological polar surface area (TPSA) is 74.3 Å². The Balaban J connectivity index is 1.41. The second-order valence-electron chi connectivity index (χ2n) is 8.29. The Hall–Kier alpha value is -2.97. The van der Waals surface area contributed by atoms with Gasteiger partial charge in [0.2, 0.25) is 0 Å². The molecule has 2 aromatic carbocycles.